The molecule has 3 atom stereocenters. The lowest BCUT2D eigenvalue weighted by atomic mass is 10.1. The highest BCUT2D eigenvalue weighted by Crippen LogP contribution is 2.32. The largest absolute Gasteiger partial charge is 0.459 e. The molecule has 34 heavy (non-hydrogen) atoms. The van der Waals surface area contributed by atoms with Crippen molar-refractivity contribution in [2.45, 2.75) is 38.7 Å². The van der Waals surface area contributed by atoms with E-state index in [2.05, 4.69) is 4.98 Å². The molecule has 1 aliphatic heterocycles. The summed E-state index contributed by atoms with van der Waals surface area (Å²) < 4.78 is 19.0. The molecule has 0 spiro atoms. The van der Waals surface area contributed by atoms with Crippen molar-refractivity contribution in [2.24, 2.45) is 0 Å². The lowest BCUT2D eigenvalue weighted by Crippen LogP contribution is -2.32. The number of aromatic nitrogens is 2. The summed E-state index contributed by atoms with van der Waals surface area (Å²) in [5.41, 5.74) is 2.54. The molecule has 176 valence electrons. The van der Waals surface area contributed by atoms with Gasteiger partial charge in [-0.25, -0.2) is 9.59 Å². The van der Waals surface area contributed by atoms with Crippen LogP contribution in [0.25, 0.3) is 0 Å². The van der Waals surface area contributed by atoms with Gasteiger partial charge in [0.15, 0.2) is 4.77 Å². The van der Waals surface area contributed by atoms with Gasteiger partial charge in [0.1, 0.15) is 25.0 Å². The van der Waals surface area contributed by atoms with Crippen LogP contribution in [0.4, 0.5) is 0 Å². The van der Waals surface area contributed by atoms with Crippen molar-refractivity contribution in [3.8, 4) is 0 Å². The summed E-state index contributed by atoms with van der Waals surface area (Å²) in [5, 5.41) is 0. The number of carbonyl (C=O) groups excluding carboxylic acids is 2. The zero-order valence-electron chi connectivity index (χ0n) is 18.7. The predicted molar refractivity (Wildman–Crippen MR) is 126 cm³/mol. The summed E-state index contributed by atoms with van der Waals surface area (Å²) in [7, 11) is 0. The average Bonchev–Trinajstić information content (AvgIpc) is 3.20. The number of hydrogen-bond donors (Lipinski definition) is 1. The van der Waals surface area contributed by atoms with Gasteiger partial charge in [0.05, 0.1) is 11.1 Å². The van der Waals surface area contributed by atoms with Gasteiger partial charge >= 0.3 is 11.9 Å². The topological polar surface area (TPSA) is 99.6 Å². The van der Waals surface area contributed by atoms with E-state index in [-0.39, 0.29) is 23.4 Å². The third-order valence-corrected chi connectivity index (χ3v) is 5.87. The minimum absolute atomic E-state index is 0.119. The number of aryl methyl sites for hydroxylation is 2. The molecule has 0 aliphatic carbocycles. The van der Waals surface area contributed by atoms with Crippen molar-refractivity contribution in [1.29, 1.82) is 0 Å². The van der Waals surface area contributed by atoms with E-state index in [1.807, 2.05) is 38.1 Å². The molecule has 0 unspecified atom stereocenters. The smallest absolute Gasteiger partial charge is 0.338 e. The second kappa shape index (κ2) is 10.1. The summed E-state index contributed by atoms with van der Waals surface area (Å²) in [5.74, 6) is -1.01. The van der Waals surface area contributed by atoms with Crippen LogP contribution in [-0.4, -0.2) is 40.3 Å². The van der Waals surface area contributed by atoms with Gasteiger partial charge in [-0.15, -0.1) is 0 Å². The van der Waals surface area contributed by atoms with E-state index in [1.54, 1.807) is 28.8 Å². The molecule has 2 aromatic carbocycles. The van der Waals surface area contributed by atoms with E-state index < -0.39 is 30.4 Å². The predicted octanol–water partition coefficient (Wildman–Crippen LogP) is 3.89. The molecule has 0 radical (unpaired) electrons. The Balaban J connectivity index is 1.51. The third-order valence-electron chi connectivity index (χ3n) is 5.55. The molecule has 0 bridgehead atoms. The molecule has 0 amide bonds. The van der Waals surface area contributed by atoms with Gasteiger partial charge in [-0.05, 0) is 50.3 Å². The molecule has 0 saturated carbocycles. The first-order valence-electron chi connectivity index (χ1n) is 10.8. The molecule has 4 rings (SSSR count). The Labute approximate surface area is 201 Å². The van der Waals surface area contributed by atoms with E-state index in [9.17, 15) is 14.4 Å². The van der Waals surface area contributed by atoms with Gasteiger partial charge in [-0.1, -0.05) is 35.4 Å². The van der Waals surface area contributed by atoms with Crippen LogP contribution in [-0.2, 0) is 14.2 Å². The first-order chi connectivity index (χ1) is 16.3. The molecule has 8 nitrogen and oxygen atoms in total. The van der Waals surface area contributed by atoms with Crippen LogP contribution in [0.2, 0.25) is 0 Å². The Kier molecular flexibility index (Phi) is 7.04. The highest BCUT2D eigenvalue weighted by Gasteiger charge is 2.40. The Hall–Kier alpha value is -3.56. The molecular formula is C25H24N2O6S. The Morgan fingerprint density at radius 3 is 2.18 bits per heavy atom. The zero-order chi connectivity index (χ0) is 24.2. The van der Waals surface area contributed by atoms with Gasteiger partial charge in [0.25, 0.3) is 5.56 Å². The molecule has 1 aromatic heterocycles. The maximum Gasteiger partial charge on any atom is 0.338 e. The fraction of sp³-hybridized carbons (Fsp3) is 0.280. The van der Waals surface area contributed by atoms with E-state index in [0.29, 0.717) is 11.1 Å². The average molecular weight is 481 g/mol. The minimum Gasteiger partial charge on any atom is -0.459 e. The molecule has 3 aromatic rings. The van der Waals surface area contributed by atoms with Gasteiger partial charge in [0, 0.05) is 18.7 Å². The number of ether oxygens (including phenoxy) is 3. The van der Waals surface area contributed by atoms with Gasteiger partial charge < -0.3 is 14.2 Å². The SMILES string of the molecule is Cc1ccc(C(=O)OC[C@H]2O[C@H](n3ccc(=O)[nH]c3=S)C[C@@H]2OC(=O)c2ccc(C)cc2)cc1. The Morgan fingerprint density at radius 1 is 1.00 bits per heavy atom. The first kappa shape index (κ1) is 23.6. The second-order valence-electron chi connectivity index (χ2n) is 8.16. The third kappa shape index (κ3) is 5.49. The second-order valence-corrected chi connectivity index (χ2v) is 8.54. The van der Waals surface area contributed by atoms with E-state index >= 15 is 0 Å². The fourth-order valence-corrected chi connectivity index (χ4v) is 3.90. The lowest BCUT2D eigenvalue weighted by molar-refractivity contribution is -0.0578. The number of carbonyl (C=O) groups is 2. The van der Waals surface area contributed by atoms with Crippen LogP contribution in [0.1, 0.15) is 44.5 Å². The summed E-state index contributed by atoms with van der Waals surface area (Å²) in [6.07, 6.45) is -0.236. The van der Waals surface area contributed by atoms with Gasteiger partial charge in [-0.2, -0.15) is 0 Å². The van der Waals surface area contributed by atoms with Crippen molar-refractivity contribution in [2.75, 3.05) is 6.61 Å². The van der Waals surface area contributed by atoms with Crippen molar-refractivity contribution in [3.05, 3.63) is 98.2 Å². The standard InChI is InChI=1S/C25H24N2O6S/c1-15-3-7-17(8-4-15)23(29)31-14-20-19(33-24(30)18-9-5-16(2)6-10-18)13-22(32-20)27-12-11-21(28)26-25(27)34/h3-12,19-20,22H,13-14H2,1-2H3,(H,26,28,34)/t19-,20+,22-/m0/s1. The van der Waals surface area contributed by atoms with Crippen molar-refractivity contribution < 1.29 is 23.8 Å². The maximum absolute atomic E-state index is 12.7. The molecule has 1 N–H and O–H groups in total. The zero-order valence-corrected chi connectivity index (χ0v) is 19.5. The summed E-state index contributed by atoms with van der Waals surface area (Å²) in [4.78, 5) is 39.3. The Bertz CT molecular complexity index is 1300. The maximum atomic E-state index is 12.7. The fourth-order valence-electron chi connectivity index (χ4n) is 3.63. The van der Waals surface area contributed by atoms with Crippen LogP contribution in [0, 0.1) is 18.6 Å². The summed E-state index contributed by atoms with van der Waals surface area (Å²) in [6.45, 7) is 3.74. The summed E-state index contributed by atoms with van der Waals surface area (Å²) >= 11 is 5.24. The molecule has 1 aliphatic rings. The Morgan fingerprint density at radius 2 is 1.59 bits per heavy atom. The number of benzene rings is 2. The molecular weight excluding hydrogens is 456 g/mol. The number of hydrogen-bond acceptors (Lipinski definition) is 7. The lowest BCUT2D eigenvalue weighted by Gasteiger charge is -2.19. The minimum atomic E-state index is -0.720. The monoisotopic (exact) mass is 480 g/mol. The number of nitrogens with zero attached hydrogens (tertiary/aromatic N) is 1. The number of rotatable bonds is 6. The first-order valence-corrected chi connectivity index (χ1v) is 11.2. The number of aromatic amines is 1. The molecule has 1 fully saturated rings. The highest BCUT2D eigenvalue weighted by atomic mass is 32.1. The quantitative estimate of drug-likeness (QED) is 0.422. The van der Waals surface area contributed by atoms with E-state index in [1.165, 1.54) is 12.3 Å². The molecule has 2 heterocycles. The summed E-state index contributed by atoms with van der Waals surface area (Å²) in [6, 6.07) is 15.4. The van der Waals surface area contributed by atoms with Crippen LogP contribution in [0.5, 0.6) is 0 Å². The van der Waals surface area contributed by atoms with Crippen molar-refractivity contribution in [3.63, 3.8) is 0 Å². The van der Waals surface area contributed by atoms with Crippen LogP contribution in [0.15, 0.2) is 65.6 Å². The molecule has 1 saturated heterocycles. The number of H-pyrrole nitrogens is 1. The van der Waals surface area contributed by atoms with Gasteiger partial charge in [0.2, 0.25) is 0 Å². The van der Waals surface area contributed by atoms with Crippen LogP contribution in [0.3, 0.4) is 0 Å². The van der Waals surface area contributed by atoms with Crippen LogP contribution < -0.4 is 5.56 Å². The normalized spacial score (nSPS) is 19.5. The van der Waals surface area contributed by atoms with Crippen molar-refractivity contribution >= 4 is 24.2 Å². The molecule has 9 heteroatoms. The van der Waals surface area contributed by atoms with Gasteiger partial charge in [-0.3, -0.25) is 14.3 Å². The highest BCUT2D eigenvalue weighted by molar-refractivity contribution is 7.71. The van der Waals surface area contributed by atoms with E-state index in [0.717, 1.165) is 11.1 Å². The van der Waals surface area contributed by atoms with Crippen LogP contribution >= 0.6 is 12.2 Å². The number of nitrogens with one attached hydrogen (secondary N) is 1. The number of esters is 2. The van der Waals surface area contributed by atoms with E-state index in [4.69, 9.17) is 26.4 Å². The van der Waals surface area contributed by atoms with Crippen molar-refractivity contribution in [1.82, 2.24) is 9.55 Å².